The van der Waals surface area contributed by atoms with E-state index in [2.05, 4.69) is 70.7 Å². The zero-order valence-electron chi connectivity index (χ0n) is 21.9. The average molecular weight is 527 g/mol. The van der Waals surface area contributed by atoms with Gasteiger partial charge < -0.3 is 0 Å². The highest BCUT2D eigenvalue weighted by Crippen LogP contribution is 2.32. The normalized spacial score (nSPS) is 11.4. The van der Waals surface area contributed by atoms with Gasteiger partial charge in [-0.25, -0.2) is 24.5 Å². The topological polar surface area (TPSA) is 68.9 Å². The van der Waals surface area contributed by atoms with Crippen molar-refractivity contribution in [1.29, 1.82) is 0 Å². The van der Waals surface area contributed by atoms with E-state index in [4.69, 9.17) is 15.0 Å². The van der Waals surface area contributed by atoms with Crippen LogP contribution >= 0.6 is 0 Å². The van der Waals surface area contributed by atoms with E-state index in [1.807, 2.05) is 72.9 Å². The summed E-state index contributed by atoms with van der Waals surface area (Å²) in [7, 11) is 0. The van der Waals surface area contributed by atoms with Crippen molar-refractivity contribution in [2.45, 2.75) is 0 Å². The van der Waals surface area contributed by atoms with Crippen LogP contribution in [0, 0.1) is 0 Å². The Morgan fingerprint density at radius 3 is 1.51 bits per heavy atom. The molecule has 5 aromatic carbocycles. The lowest BCUT2D eigenvalue weighted by Crippen LogP contribution is -2.01. The van der Waals surface area contributed by atoms with Crippen molar-refractivity contribution in [1.82, 2.24) is 29.5 Å². The van der Waals surface area contributed by atoms with Gasteiger partial charge in [0, 0.05) is 28.5 Å². The predicted molar refractivity (Wildman–Crippen MR) is 163 cm³/mol. The molecule has 0 bridgehead atoms. The van der Waals surface area contributed by atoms with Crippen LogP contribution in [-0.4, -0.2) is 29.5 Å². The Bertz CT molecular complexity index is 2070. The fourth-order valence-corrected chi connectivity index (χ4v) is 5.31. The Hall–Kier alpha value is -5.75. The number of pyridine rings is 1. The highest BCUT2D eigenvalue weighted by atomic mass is 15.3. The number of aromatic nitrogens is 6. The minimum Gasteiger partial charge on any atom is -0.221 e. The highest BCUT2D eigenvalue weighted by Gasteiger charge is 2.16. The van der Waals surface area contributed by atoms with Crippen LogP contribution in [0.2, 0.25) is 0 Å². The van der Waals surface area contributed by atoms with Crippen LogP contribution in [0.4, 0.5) is 0 Å². The van der Waals surface area contributed by atoms with Crippen LogP contribution in [-0.2, 0) is 0 Å². The third-order valence-electron chi connectivity index (χ3n) is 7.34. The Morgan fingerprint density at radius 2 is 0.902 bits per heavy atom. The van der Waals surface area contributed by atoms with Crippen molar-refractivity contribution in [2.75, 3.05) is 0 Å². The van der Waals surface area contributed by atoms with Crippen molar-refractivity contribution >= 4 is 27.2 Å². The summed E-state index contributed by atoms with van der Waals surface area (Å²) in [5.74, 6) is 2.56. The van der Waals surface area contributed by atoms with Crippen LogP contribution < -0.4 is 0 Å². The summed E-state index contributed by atoms with van der Waals surface area (Å²) >= 11 is 0. The third-order valence-corrected chi connectivity index (χ3v) is 7.34. The first-order chi connectivity index (χ1) is 20.3. The molecule has 0 amide bonds. The van der Waals surface area contributed by atoms with Gasteiger partial charge in [0.05, 0.1) is 0 Å². The fraction of sp³-hybridized carbons (Fsp3) is 0. The number of hydrogen-bond donors (Lipinski definition) is 0. The molecule has 0 aliphatic carbocycles. The van der Waals surface area contributed by atoms with Gasteiger partial charge >= 0.3 is 0 Å². The molecule has 0 saturated carbocycles. The molecule has 0 N–H and O–H groups in total. The SMILES string of the molecule is c1ccc2c(-c3nc(-c4ccc(-c5nc6ccccn6n5)cc4)nc(-c4cccc5ccccc45)n3)cccc2c1. The summed E-state index contributed by atoms with van der Waals surface area (Å²) in [5.41, 5.74) is 4.57. The molecule has 41 heavy (non-hydrogen) atoms. The van der Waals surface area contributed by atoms with E-state index in [-0.39, 0.29) is 0 Å². The van der Waals surface area contributed by atoms with Crippen LogP contribution in [0.25, 0.3) is 72.7 Å². The first kappa shape index (κ1) is 23.2. The van der Waals surface area contributed by atoms with Gasteiger partial charge in [-0.2, -0.15) is 0 Å². The average Bonchev–Trinajstić information content (AvgIpc) is 3.49. The number of benzene rings is 5. The summed E-state index contributed by atoms with van der Waals surface area (Å²) in [6.45, 7) is 0. The van der Waals surface area contributed by atoms with Crippen molar-refractivity contribution in [3.8, 4) is 45.6 Å². The molecule has 8 aromatic rings. The Morgan fingerprint density at radius 1 is 0.390 bits per heavy atom. The lowest BCUT2D eigenvalue weighted by Gasteiger charge is -2.11. The quantitative estimate of drug-likeness (QED) is 0.233. The van der Waals surface area contributed by atoms with E-state index >= 15 is 0 Å². The van der Waals surface area contributed by atoms with Gasteiger partial charge in [0.15, 0.2) is 28.9 Å². The molecule has 0 fully saturated rings. The number of fused-ring (bicyclic) bond motifs is 3. The monoisotopic (exact) mass is 526 g/mol. The molecule has 6 nitrogen and oxygen atoms in total. The molecular weight excluding hydrogens is 504 g/mol. The highest BCUT2D eigenvalue weighted by molar-refractivity contribution is 5.97. The van der Waals surface area contributed by atoms with Gasteiger partial charge in [-0.3, -0.25) is 0 Å². The summed E-state index contributed by atoms with van der Waals surface area (Å²) in [4.78, 5) is 19.7. The zero-order chi connectivity index (χ0) is 27.2. The first-order valence-corrected chi connectivity index (χ1v) is 13.4. The summed E-state index contributed by atoms with van der Waals surface area (Å²) in [5, 5.41) is 9.10. The van der Waals surface area contributed by atoms with E-state index in [0.717, 1.165) is 49.4 Å². The number of hydrogen-bond acceptors (Lipinski definition) is 5. The van der Waals surface area contributed by atoms with Gasteiger partial charge in [-0.1, -0.05) is 115 Å². The van der Waals surface area contributed by atoms with Gasteiger partial charge in [0.1, 0.15) is 0 Å². The third kappa shape index (κ3) is 4.10. The first-order valence-electron chi connectivity index (χ1n) is 13.4. The number of nitrogens with zero attached hydrogens (tertiary/aromatic N) is 6. The molecular formula is C35H22N6. The van der Waals surface area contributed by atoms with E-state index in [1.54, 1.807) is 4.52 Å². The second-order valence-corrected chi connectivity index (χ2v) is 9.88. The van der Waals surface area contributed by atoms with E-state index < -0.39 is 0 Å². The minimum absolute atomic E-state index is 0.611. The van der Waals surface area contributed by atoms with Gasteiger partial charge in [0.25, 0.3) is 0 Å². The maximum atomic E-state index is 5.04. The Labute approximate surface area is 235 Å². The smallest absolute Gasteiger partial charge is 0.182 e. The maximum absolute atomic E-state index is 5.04. The van der Waals surface area contributed by atoms with Gasteiger partial charge in [-0.15, -0.1) is 5.10 Å². The molecule has 0 aliphatic rings. The molecule has 0 atom stereocenters. The molecule has 0 spiro atoms. The largest absolute Gasteiger partial charge is 0.221 e. The zero-order valence-corrected chi connectivity index (χ0v) is 21.9. The molecule has 3 heterocycles. The van der Waals surface area contributed by atoms with Crippen LogP contribution in [0.5, 0.6) is 0 Å². The van der Waals surface area contributed by atoms with Crippen molar-refractivity contribution in [2.24, 2.45) is 0 Å². The van der Waals surface area contributed by atoms with Gasteiger partial charge in [0.2, 0.25) is 0 Å². The molecule has 0 aliphatic heterocycles. The lowest BCUT2D eigenvalue weighted by molar-refractivity contribution is 0.966. The molecule has 0 saturated heterocycles. The molecule has 192 valence electrons. The van der Waals surface area contributed by atoms with E-state index in [9.17, 15) is 0 Å². The maximum Gasteiger partial charge on any atom is 0.182 e. The fourth-order valence-electron chi connectivity index (χ4n) is 5.31. The lowest BCUT2D eigenvalue weighted by atomic mass is 10.0. The second-order valence-electron chi connectivity index (χ2n) is 9.88. The summed E-state index contributed by atoms with van der Waals surface area (Å²) in [6, 6.07) is 43.0. The molecule has 0 unspecified atom stereocenters. The standard InChI is InChI=1S/C35H22N6/c1-3-13-27-23(9-1)11-7-15-29(27)34-37-32(38-35(39-34)30-16-8-12-24-10-2-4-14-28(24)30)25-18-20-26(21-19-25)33-36-31-17-5-6-22-41(31)40-33/h1-22H. The summed E-state index contributed by atoms with van der Waals surface area (Å²) in [6.07, 6.45) is 1.90. The van der Waals surface area contributed by atoms with E-state index in [0.29, 0.717) is 23.3 Å². The Balaban J connectivity index is 1.30. The van der Waals surface area contributed by atoms with Crippen LogP contribution in [0.3, 0.4) is 0 Å². The Kier molecular flexibility index (Phi) is 5.35. The predicted octanol–water partition coefficient (Wildman–Crippen LogP) is 7.89. The van der Waals surface area contributed by atoms with E-state index in [1.165, 1.54) is 0 Å². The van der Waals surface area contributed by atoms with Gasteiger partial charge in [-0.05, 0) is 33.7 Å². The molecule has 6 heteroatoms. The van der Waals surface area contributed by atoms with Crippen molar-refractivity contribution < 1.29 is 0 Å². The molecule has 3 aromatic heterocycles. The second kappa shape index (κ2) is 9.47. The van der Waals surface area contributed by atoms with Crippen molar-refractivity contribution in [3.63, 3.8) is 0 Å². The molecule has 8 rings (SSSR count). The number of rotatable bonds is 4. The van der Waals surface area contributed by atoms with Crippen molar-refractivity contribution in [3.05, 3.63) is 134 Å². The minimum atomic E-state index is 0.611. The molecule has 0 radical (unpaired) electrons. The van der Waals surface area contributed by atoms with Crippen LogP contribution in [0.1, 0.15) is 0 Å². The summed E-state index contributed by atoms with van der Waals surface area (Å²) < 4.78 is 1.78. The van der Waals surface area contributed by atoms with Crippen LogP contribution in [0.15, 0.2) is 134 Å².